The van der Waals surface area contributed by atoms with Crippen molar-refractivity contribution in [3.8, 4) is 0 Å². The lowest BCUT2D eigenvalue weighted by Gasteiger charge is -2.14. The minimum absolute atomic E-state index is 0.0846. The predicted molar refractivity (Wildman–Crippen MR) is 116 cm³/mol. The summed E-state index contributed by atoms with van der Waals surface area (Å²) in [4.78, 5) is 30.3. The molecule has 8 heteroatoms. The number of para-hydroxylation sites is 1. The molecule has 0 atom stereocenters. The minimum Gasteiger partial charge on any atom is -0.478 e. The Labute approximate surface area is 174 Å². The fourth-order valence-electron chi connectivity index (χ4n) is 2.81. The molecule has 138 valence electrons. The van der Waals surface area contributed by atoms with E-state index >= 15 is 0 Å². The molecule has 1 fully saturated rings. The van der Waals surface area contributed by atoms with E-state index in [9.17, 15) is 9.59 Å². The fraction of sp³-hybridized carbons (Fsp3) is 0. The number of aromatic carboxylic acids is 1. The summed E-state index contributed by atoms with van der Waals surface area (Å²) in [5, 5.41) is 10.6. The van der Waals surface area contributed by atoms with Gasteiger partial charge in [0.15, 0.2) is 4.32 Å². The molecule has 2 aromatic carbocycles. The minimum atomic E-state index is -1.07. The molecule has 1 N–H and O–H groups in total. The highest BCUT2D eigenvalue weighted by Crippen LogP contribution is 2.36. The highest BCUT2D eigenvalue weighted by atomic mass is 35.5. The molecule has 2 heterocycles. The third-order valence-electron chi connectivity index (χ3n) is 4.12. The van der Waals surface area contributed by atoms with Crippen molar-refractivity contribution < 1.29 is 14.7 Å². The van der Waals surface area contributed by atoms with Crippen LogP contribution in [0.5, 0.6) is 0 Å². The zero-order valence-electron chi connectivity index (χ0n) is 14.1. The molecule has 0 bridgehead atoms. The van der Waals surface area contributed by atoms with Crippen molar-refractivity contribution in [1.82, 2.24) is 4.98 Å². The number of aromatic nitrogens is 1. The number of pyridine rings is 1. The lowest BCUT2D eigenvalue weighted by molar-refractivity contribution is -0.113. The molecule has 3 aromatic rings. The number of carboxylic acid groups (broad SMARTS) is 1. The third kappa shape index (κ3) is 3.40. The Morgan fingerprint density at radius 2 is 1.96 bits per heavy atom. The lowest BCUT2D eigenvalue weighted by atomic mass is 10.2. The van der Waals surface area contributed by atoms with E-state index in [1.807, 2.05) is 18.2 Å². The third-order valence-corrected chi connectivity index (χ3v) is 5.72. The Morgan fingerprint density at radius 1 is 1.18 bits per heavy atom. The maximum atomic E-state index is 12.9. The number of benzene rings is 2. The average molecular weight is 427 g/mol. The highest BCUT2D eigenvalue weighted by Gasteiger charge is 2.33. The zero-order chi connectivity index (χ0) is 19.8. The summed E-state index contributed by atoms with van der Waals surface area (Å²) >= 11 is 12.7. The van der Waals surface area contributed by atoms with Gasteiger partial charge in [0, 0.05) is 5.39 Å². The summed E-state index contributed by atoms with van der Waals surface area (Å²) in [6, 6.07) is 15.3. The number of carboxylic acids is 1. The predicted octanol–water partition coefficient (Wildman–Crippen LogP) is 4.99. The van der Waals surface area contributed by atoms with Crippen LogP contribution in [0.25, 0.3) is 17.0 Å². The van der Waals surface area contributed by atoms with Gasteiger partial charge in [-0.25, -0.2) is 9.78 Å². The quantitative estimate of drug-likeness (QED) is 0.470. The zero-order valence-corrected chi connectivity index (χ0v) is 16.5. The average Bonchev–Trinajstić information content (AvgIpc) is 2.95. The second kappa shape index (κ2) is 7.35. The summed E-state index contributed by atoms with van der Waals surface area (Å²) in [5.74, 6) is -1.39. The molecule has 0 radical (unpaired) electrons. The van der Waals surface area contributed by atoms with E-state index in [0.717, 1.165) is 17.1 Å². The van der Waals surface area contributed by atoms with Crippen LogP contribution in [0.15, 0.2) is 59.5 Å². The van der Waals surface area contributed by atoms with Gasteiger partial charge in [0.25, 0.3) is 5.91 Å². The monoisotopic (exact) mass is 426 g/mol. The highest BCUT2D eigenvalue weighted by molar-refractivity contribution is 8.27. The van der Waals surface area contributed by atoms with E-state index in [-0.39, 0.29) is 11.5 Å². The second-order valence-corrected chi connectivity index (χ2v) is 8.00. The first-order valence-corrected chi connectivity index (χ1v) is 9.71. The molecule has 0 aliphatic carbocycles. The van der Waals surface area contributed by atoms with Gasteiger partial charge in [0.05, 0.1) is 32.4 Å². The van der Waals surface area contributed by atoms with Crippen LogP contribution in [0.1, 0.15) is 16.1 Å². The number of amides is 1. The molecule has 0 spiro atoms. The van der Waals surface area contributed by atoms with Crippen LogP contribution in [0.2, 0.25) is 5.02 Å². The molecule has 28 heavy (non-hydrogen) atoms. The van der Waals surface area contributed by atoms with Crippen LogP contribution in [-0.2, 0) is 4.79 Å². The number of nitrogens with zero attached hydrogens (tertiary/aromatic N) is 2. The first-order valence-electron chi connectivity index (χ1n) is 8.10. The number of hydrogen-bond acceptors (Lipinski definition) is 5. The Kier molecular flexibility index (Phi) is 4.89. The van der Waals surface area contributed by atoms with Crippen LogP contribution in [0.3, 0.4) is 0 Å². The van der Waals surface area contributed by atoms with Crippen molar-refractivity contribution in [3.63, 3.8) is 0 Å². The Balaban J connectivity index is 1.70. The number of thioether (sulfide) groups is 1. The number of thiocarbonyl (C=S) groups is 1. The smallest absolute Gasteiger partial charge is 0.335 e. The van der Waals surface area contributed by atoms with Gasteiger partial charge >= 0.3 is 5.97 Å². The maximum absolute atomic E-state index is 12.9. The molecule has 0 unspecified atom stereocenters. The van der Waals surface area contributed by atoms with Crippen LogP contribution < -0.4 is 4.90 Å². The molecule has 4 rings (SSSR count). The maximum Gasteiger partial charge on any atom is 0.335 e. The van der Waals surface area contributed by atoms with Gasteiger partial charge in [-0.1, -0.05) is 59.8 Å². The molecule has 0 saturated carbocycles. The van der Waals surface area contributed by atoms with Gasteiger partial charge in [-0.15, -0.1) is 0 Å². The van der Waals surface area contributed by atoms with E-state index in [1.54, 1.807) is 30.3 Å². The topological polar surface area (TPSA) is 70.5 Å². The number of rotatable bonds is 3. The van der Waals surface area contributed by atoms with E-state index in [4.69, 9.17) is 28.9 Å². The number of fused-ring (bicyclic) bond motifs is 1. The molecule has 1 aromatic heterocycles. The fourth-order valence-corrected chi connectivity index (χ4v) is 4.32. The SMILES string of the molecule is O=C(O)c1cccc(N2C(=O)C(=Cc3ccc4cccc(Cl)c4n3)SC2=S)c1. The first kappa shape index (κ1) is 18.6. The van der Waals surface area contributed by atoms with Crippen molar-refractivity contribution in [2.24, 2.45) is 0 Å². The molecule has 5 nitrogen and oxygen atoms in total. The Hall–Kier alpha value is -2.74. The second-order valence-electron chi connectivity index (χ2n) is 5.92. The molecule has 1 amide bonds. The Morgan fingerprint density at radius 3 is 2.75 bits per heavy atom. The standard InChI is InChI=1S/C20H11ClN2O3S2/c21-15-6-2-3-11-7-8-13(22-17(11)15)10-16-18(24)23(20(27)28-16)14-5-1-4-12(9-14)19(25)26/h1-10H,(H,25,26). The Bertz CT molecular complexity index is 1190. The van der Waals surface area contributed by atoms with Gasteiger partial charge in [0.2, 0.25) is 0 Å². The van der Waals surface area contributed by atoms with Gasteiger partial charge in [-0.2, -0.15) is 0 Å². The first-order chi connectivity index (χ1) is 13.4. The van der Waals surface area contributed by atoms with Crippen LogP contribution >= 0.6 is 35.6 Å². The van der Waals surface area contributed by atoms with Gasteiger partial charge in [0.1, 0.15) is 0 Å². The molecular weight excluding hydrogens is 416 g/mol. The largest absolute Gasteiger partial charge is 0.478 e. The van der Waals surface area contributed by atoms with Crippen molar-refractivity contribution in [2.75, 3.05) is 4.90 Å². The molecule has 1 aliphatic heterocycles. The normalized spacial score (nSPS) is 15.6. The molecule has 1 saturated heterocycles. The number of carbonyl (C=O) groups is 2. The summed E-state index contributed by atoms with van der Waals surface area (Å²) in [5.41, 5.74) is 1.74. The summed E-state index contributed by atoms with van der Waals surface area (Å²) in [7, 11) is 0. The van der Waals surface area contributed by atoms with E-state index in [0.29, 0.717) is 31.1 Å². The van der Waals surface area contributed by atoms with Crippen LogP contribution in [0, 0.1) is 0 Å². The van der Waals surface area contributed by atoms with Crippen molar-refractivity contribution >= 4 is 74.4 Å². The number of anilines is 1. The van der Waals surface area contributed by atoms with Gasteiger partial charge in [-0.05, 0) is 36.4 Å². The van der Waals surface area contributed by atoms with E-state index < -0.39 is 5.97 Å². The van der Waals surface area contributed by atoms with Crippen LogP contribution in [-0.4, -0.2) is 26.3 Å². The van der Waals surface area contributed by atoms with E-state index in [1.165, 1.54) is 17.0 Å². The van der Waals surface area contributed by atoms with Gasteiger partial charge < -0.3 is 5.11 Å². The molecular formula is C20H11ClN2O3S2. The van der Waals surface area contributed by atoms with Crippen molar-refractivity contribution in [1.29, 1.82) is 0 Å². The summed E-state index contributed by atoms with van der Waals surface area (Å²) < 4.78 is 0.331. The van der Waals surface area contributed by atoms with Crippen molar-refractivity contribution in [2.45, 2.75) is 0 Å². The van der Waals surface area contributed by atoms with Gasteiger partial charge in [-0.3, -0.25) is 9.69 Å². The van der Waals surface area contributed by atoms with Crippen LogP contribution in [0.4, 0.5) is 5.69 Å². The van der Waals surface area contributed by atoms with E-state index in [2.05, 4.69) is 4.98 Å². The summed E-state index contributed by atoms with van der Waals surface area (Å²) in [6.07, 6.45) is 1.66. The van der Waals surface area contributed by atoms with Crippen molar-refractivity contribution in [3.05, 3.63) is 75.8 Å². The number of halogens is 1. The summed E-state index contributed by atoms with van der Waals surface area (Å²) in [6.45, 7) is 0. The number of hydrogen-bond donors (Lipinski definition) is 1. The lowest BCUT2D eigenvalue weighted by Crippen LogP contribution is -2.27. The number of carbonyl (C=O) groups excluding carboxylic acids is 1. The molecule has 1 aliphatic rings.